The number of carbonyl (C=O) groups is 1. The SMILES string of the molecule is C[C@@H](NC(=O)c1ccc(C#Cc2cccc(F)c2)nc1)C(C)(C)O. The Bertz CT molecular complexity index is 783. The Kier molecular flexibility index (Phi) is 5.32. The second-order valence-corrected chi connectivity index (χ2v) is 6.04. The molecular formula is C19H19FN2O2. The number of nitrogens with one attached hydrogen (secondary N) is 1. The molecule has 24 heavy (non-hydrogen) atoms. The predicted octanol–water partition coefficient (Wildman–Crippen LogP) is 2.51. The van der Waals surface area contributed by atoms with E-state index in [2.05, 4.69) is 22.1 Å². The zero-order chi connectivity index (χ0) is 17.7. The summed E-state index contributed by atoms with van der Waals surface area (Å²) in [5.74, 6) is 4.97. The minimum Gasteiger partial charge on any atom is -0.388 e. The first kappa shape index (κ1) is 17.6. The van der Waals surface area contributed by atoms with E-state index in [1.54, 1.807) is 45.0 Å². The number of pyridine rings is 1. The lowest BCUT2D eigenvalue weighted by atomic mass is 10.0. The second-order valence-electron chi connectivity index (χ2n) is 6.04. The maximum atomic E-state index is 13.1. The van der Waals surface area contributed by atoms with E-state index in [4.69, 9.17) is 0 Å². The third-order valence-corrected chi connectivity index (χ3v) is 3.59. The molecule has 0 unspecified atom stereocenters. The van der Waals surface area contributed by atoms with Crippen molar-refractivity contribution < 1.29 is 14.3 Å². The van der Waals surface area contributed by atoms with Gasteiger partial charge < -0.3 is 10.4 Å². The molecule has 1 aromatic heterocycles. The monoisotopic (exact) mass is 326 g/mol. The lowest BCUT2D eigenvalue weighted by molar-refractivity contribution is 0.0409. The van der Waals surface area contributed by atoms with Crippen molar-refractivity contribution in [3.8, 4) is 11.8 Å². The molecule has 1 heterocycles. The molecule has 0 bridgehead atoms. The van der Waals surface area contributed by atoms with E-state index in [0.29, 0.717) is 16.8 Å². The maximum Gasteiger partial charge on any atom is 0.253 e. The summed E-state index contributed by atoms with van der Waals surface area (Å²) in [6.45, 7) is 4.98. The molecule has 2 rings (SSSR count). The molecule has 0 radical (unpaired) electrons. The van der Waals surface area contributed by atoms with Gasteiger partial charge in [0.05, 0.1) is 17.2 Å². The summed E-state index contributed by atoms with van der Waals surface area (Å²) in [7, 11) is 0. The van der Waals surface area contributed by atoms with Crippen molar-refractivity contribution in [1.82, 2.24) is 10.3 Å². The van der Waals surface area contributed by atoms with Gasteiger partial charge in [-0.3, -0.25) is 4.79 Å². The molecule has 0 aliphatic heterocycles. The van der Waals surface area contributed by atoms with E-state index in [0.717, 1.165) is 0 Å². The Balaban J connectivity index is 2.07. The number of benzene rings is 1. The molecule has 1 amide bonds. The first-order chi connectivity index (χ1) is 11.3. The molecule has 5 heteroatoms. The number of amides is 1. The molecule has 0 aliphatic rings. The smallest absolute Gasteiger partial charge is 0.253 e. The number of hydrogen-bond acceptors (Lipinski definition) is 3. The van der Waals surface area contributed by atoms with Crippen LogP contribution in [0, 0.1) is 17.7 Å². The minimum atomic E-state index is -1.01. The van der Waals surface area contributed by atoms with Crippen molar-refractivity contribution in [2.24, 2.45) is 0 Å². The topological polar surface area (TPSA) is 62.2 Å². The summed E-state index contributed by atoms with van der Waals surface area (Å²) < 4.78 is 13.1. The van der Waals surface area contributed by atoms with Gasteiger partial charge in [-0.2, -0.15) is 0 Å². The highest BCUT2D eigenvalue weighted by Crippen LogP contribution is 2.09. The molecule has 2 N–H and O–H groups in total. The van der Waals surface area contributed by atoms with Gasteiger partial charge in [-0.05, 0) is 57.0 Å². The van der Waals surface area contributed by atoms with Crippen molar-refractivity contribution in [3.05, 3.63) is 65.2 Å². The summed E-state index contributed by atoms with van der Waals surface area (Å²) in [5.41, 5.74) is 0.394. The van der Waals surface area contributed by atoms with Crippen LogP contribution in [0.1, 0.15) is 42.4 Å². The fourth-order valence-corrected chi connectivity index (χ4v) is 1.76. The summed E-state index contributed by atoms with van der Waals surface area (Å²) >= 11 is 0. The first-order valence-corrected chi connectivity index (χ1v) is 7.52. The highest BCUT2D eigenvalue weighted by Gasteiger charge is 2.24. The Morgan fingerprint density at radius 3 is 2.62 bits per heavy atom. The number of aromatic nitrogens is 1. The fraction of sp³-hybridized carbons (Fsp3) is 0.263. The van der Waals surface area contributed by atoms with Crippen LogP contribution in [0.2, 0.25) is 0 Å². The quantitative estimate of drug-likeness (QED) is 0.852. The maximum absolute atomic E-state index is 13.1. The second kappa shape index (κ2) is 7.24. The highest BCUT2D eigenvalue weighted by atomic mass is 19.1. The summed E-state index contributed by atoms with van der Waals surface area (Å²) in [5, 5.41) is 12.6. The molecule has 0 spiro atoms. The largest absolute Gasteiger partial charge is 0.388 e. The van der Waals surface area contributed by atoms with E-state index in [9.17, 15) is 14.3 Å². The van der Waals surface area contributed by atoms with E-state index >= 15 is 0 Å². The molecule has 1 atom stereocenters. The standard InChI is InChI=1S/C19H19FN2O2/c1-13(19(2,3)24)22-18(23)15-8-10-17(21-12-15)9-7-14-5-4-6-16(20)11-14/h4-6,8,10-13,24H,1-3H3,(H,22,23)/t13-/m1/s1. The van der Waals surface area contributed by atoms with Gasteiger partial charge in [0.1, 0.15) is 11.5 Å². The van der Waals surface area contributed by atoms with Crippen molar-refractivity contribution in [1.29, 1.82) is 0 Å². The zero-order valence-electron chi connectivity index (χ0n) is 13.8. The van der Waals surface area contributed by atoms with E-state index in [-0.39, 0.29) is 11.7 Å². The van der Waals surface area contributed by atoms with Crippen molar-refractivity contribution in [2.75, 3.05) is 0 Å². The van der Waals surface area contributed by atoms with Crippen LogP contribution in [0.4, 0.5) is 4.39 Å². The average Bonchev–Trinajstić information content (AvgIpc) is 2.52. The van der Waals surface area contributed by atoms with Crippen molar-refractivity contribution >= 4 is 5.91 Å². The van der Waals surface area contributed by atoms with Crippen LogP contribution in [-0.2, 0) is 0 Å². The summed E-state index contributed by atoms with van der Waals surface area (Å²) in [6.07, 6.45) is 1.42. The lowest BCUT2D eigenvalue weighted by Gasteiger charge is -2.26. The molecular weight excluding hydrogens is 307 g/mol. The molecule has 124 valence electrons. The Labute approximate surface area is 140 Å². The Morgan fingerprint density at radius 1 is 1.29 bits per heavy atom. The van der Waals surface area contributed by atoms with Crippen molar-refractivity contribution in [2.45, 2.75) is 32.4 Å². The molecule has 0 fully saturated rings. The predicted molar refractivity (Wildman–Crippen MR) is 89.8 cm³/mol. The van der Waals surface area contributed by atoms with Gasteiger partial charge >= 0.3 is 0 Å². The van der Waals surface area contributed by atoms with Crippen LogP contribution < -0.4 is 5.32 Å². The third kappa shape index (κ3) is 4.90. The van der Waals surface area contributed by atoms with E-state index in [1.165, 1.54) is 18.3 Å². The number of aliphatic hydroxyl groups is 1. The van der Waals surface area contributed by atoms with Gasteiger partial charge in [-0.25, -0.2) is 9.37 Å². The van der Waals surface area contributed by atoms with Crippen LogP contribution in [0.15, 0.2) is 42.6 Å². The van der Waals surface area contributed by atoms with Crippen LogP contribution >= 0.6 is 0 Å². The van der Waals surface area contributed by atoms with Crippen LogP contribution in [0.3, 0.4) is 0 Å². The number of carbonyl (C=O) groups excluding carboxylic acids is 1. The molecule has 0 saturated carbocycles. The molecule has 2 aromatic rings. The zero-order valence-corrected chi connectivity index (χ0v) is 13.8. The van der Waals surface area contributed by atoms with Crippen LogP contribution in [0.5, 0.6) is 0 Å². The molecule has 0 saturated heterocycles. The Morgan fingerprint density at radius 2 is 2.04 bits per heavy atom. The van der Waals surface area contributed by atoms with Gasteiger partial charge in [0.15, 0.2) is 0 Å². The van der Waals surface area contributed by atoms with E-state index in [1.807, 2.05) is 0 Å². The summed E-state index contributed by atoms with van der Waals surface area (Å²) in [6, 6.07) is 8.81. The molecule has 0 aliphatic carbocycles. The number of nitrogens with zero attached hydrogens (tertiary/aromatic N) is 1. The van der Waals surface area contributed by atoms with Gasteiger partial charge in [0.2, 0.25) is 0 Å². The average molecular weight is 326 g/mol. The fourth-order valence-electron chi connectivity index (χ4n) is 1.76. The van der Waals surface area contributed by atoms with Crippen LogP contribution in [0.25, 0.3) is 0 Å². The minimum absolute atomic E-state index is 0.318. The summed E-state index contributed by atoms with van der Waals surface area (Å²) in [4.78, 5) is 16.2. The molecule has 1 aromatic carbocycles. The van der Waals surface area contributed by atoms with Gasteiger partial charge in [0.25, 0.3) is 5.91 Å². The van der Waals surface area contributed by atoms with Gasteiger partial charge in [0, 0.05) is 11.8 Å². The van der Waals surface area contributed by atoms with Crippen LogP contribution in [-0.4, -0.2) is 27.6 Å². The highest BCUT2D eigenvalue weighted by molar-refractivity contribution is 5.94. The van der Waals surface area contributed by atoms with E-state index < -0.39 is 11.6 Å². The number of halogens is 1. The Hall–Kier alpha value is -2.71. The van der Waals surface area contributed by atoms with Crippen molar-refractivity contribution in [3.63, 3.8) is 0 Å². The first-order valence-electron chi connectivity index (χ1n) is 7.52. The van der Waals surface area contributed by atoms with Gasteiger partial charge in [-0.15, -0.1) is 0 Å². The normalized spacial score (nSPS) is 12.0. The van der Waals surface area contributed by atoms with Gasteiger partial charge in [-0.1, -0.05) is 12.0 Å². The number of rotatable bonds is 3. The number of hydrogen-bond donors (Lipinski definition) is 2. The third-order valence-electron chi connectivity index (χ3n) is 3.59. The lowest BCUT2D eigenvalue weighted by Crippen LogP contribution is -2.47. The molecule has 4 nitrogen and oxygen atoms in total.